The molecular weight excluding hydrogens is 573 g/mol. The molecular formula is C28H27F3N6O4S. The van der Waals surface area contributed by atoms with E-state index >= 15 is 0 Å². The van der Waals surface area contributed by atoms with E-state index in [1.54, 1.807) is 49.9 Å². The molecule has 10 nitrogen and oxygen atoms in total. The molecule has 0 aliphatic carbocycles. The summed E-state index contributed by atoms with van der Waals surface area (Å²) in [7, 11) is 0. The lowest BCUT2D eigenvalue weighted by Gasteiger charge is -2.24. The summed E-state index contributed by atoms with van der Waals surface area (Å²) in [6.45, 7) is 5.05. The summed E-state index contributed by atoms with van der Waals surface area (Å²) in [6.07, 6.45) is -2.72. The van der Waals surface area contributed by atoms with Crippen molar-refractivity contribution in [1.29, 1.82) is 5.26 Å². The van der Waals surface area contributed by atoms with Gasteiger partial charge in [-0.05, 0) is 39.3 Å². The first-order valence-electron chi connectivity index (χ1n) is 13.1. The normalized spacial score (nSPS) is 15.5. The van der Waals surface area contributed by atoms with Gasteiger partial charge in [-0.2, -0.15) is 10.4 Å². The summed E-state index contributed by atoms with van der Waals surface area (Å²) in [5.74, 6) is 0.135. The van der Waals surface area contributed by atoms with E-state index in [-0.39, 0.29) is 59.0 Å². The molecule has 1 atom stereocenters. The van der Waals surface area contributed by atoms with Gasteiger partial charge in [0.2, 0.25) is 0 Å². The van der Waals surface area contributed by atoms with Gasteiger partial charge in [0.1, 0.15) is 29.9 Å². The molecule has 4 aromatic rings. The Morgan fingerprint density at radius 3 is 2.64 bits per heavy atom. The smallest absolute Gasteiger partial charge is 0.410 e. The van der Waals surface area contributed by atoms with Crippen molar-refractivity contribution >= 4 is 40.2 Å². The fourth-order valence-electron chi connectivity index (χ4n) is 4.92. The van der Waals surface area contributed by atoms with E-state index in [4.69, 9.17) is 9.47 Å². The van der Waals surface area contributed by atoms with Gasteiger partial charge in [-0.1, -0.05) is 18.2 Å². The highest BCUT2D eigenvalue weighted by Crippen LogP contribution is 2.31. The van der Waals surface area contributed by atoms with Crippen LogP contribution in [0.3, 0.4) is 0 Å². The van der Waals surface area contributed by atoms with Gasteiger partial charge in [0, 0.05) is 24.5 Å². The SMILES string of the molecule is CC(C)(C)OC(=O)N1CCC(n2nc(Cc3nc4cc(OCC(F)F)c(C#N)cc4n3SF)c3ccccc3c2=O)C1. The first-order valence-corrected chi connectivity index (χ1v) is 13.8. The molecule has 2 aromatic heterocycles. The fraction of sp³-hybridized carbons (Fsp3) is 0.393. The highest BCUT2D eigenvalue weighted by atomic mass is 32.2. The number of hydrogen-bond donors (Lipinski definition) is 0. The quantitative estimate of drug-likeness (QED) is 0.276. The van der Waals surface area contributed by atoms with Crippen LogP contribution in [0.2, 0.25) is 0 Å². The van der Waals surface area contributed by atoms with Crippen LogP contribution < -0.4 is 10.3 Å². The summed E-state index contributed by atoms with van der Waals surface area (Å²) in [4.78, 5) is 32.1. The second-order valence-corrected chi connectivity index (χ2v) is 11.3. The molecule has 0 N–H and O–H groups in total. The molecule has 1 unspecified atom stereocenters. The molecule has 5 rings (SSSR count). The predicted molar refractivity (Wildman–Crippen MR) is 150 cm³/mol. The average Bonchev–Trinajstić information content (AvgIpc) is 3.56. The molecule has 42 heavy (non-hydrogen) atoms. The second-order valence-electron chi connectivity index (χ2n) is 10.8. The zero-order valence-electron chi connectivity index (χ0n) is 23.0. The maximum atomic E-state index is 14.3. The van der Waals surface area contributed by atoms with Gasteiger partial charge in [0.15, 0.2) is 12.3 Å². The number of hydrogen-bond acceptors (Lipinski definition) is 8. The van der Waals surface area contributed by atoms with Gasteiger partial charge in [0.25, 0.3) is 12.0 Å². The Hall–Kier alpha value is -4.25. The number of carbonyl (C=O) groups is 1. The third-order valence-corrected chi connectivity index (χ3v) is 7.27. The highest BCUT2D eigenvalue weighted by molar-refractivity contribution is 7.92. The number of benzene rings is 2. The molecule has 0 radical (unpaired) electrons. The van der Waals surface area contributed by atoms with Crippen LogP contribution in [0.5, 0.6) is 5.75 Å². The van der Waals surface area contributed by atoms with E-state index in [0.29, 0.717) is 29.4 Å². The molecule has 1 saturated heterocycles. The van der Waals surface area contributed by atoms with Crippen molar-refractivity contribution in [3.8, 4) is 11.8 Å². The Balaban J connectivity index is 1.53. The van der Waals surface area contributed by atoms with Crippen molar-refractivity contribution < 1.29 is 26.9 Å². The maximum absolute atomic E-state index is 14.3. The van der Waals surface area contributed by atoms with Crippen molar-refractivity contribution in [3.63, 3.8) is 0 Å². The summed E-state index contributed by atoms with van der Waals surface area (Å²) in [5, 5.41) is 15.1. The van der Waals surface area contributed by atoms with Crippen LogP contribution >= 0.6 is 12.3 Å². The number of nitrogens with zero attached hydrogens (tertiary/aromatic N) is 6. The number of nitriles is 1. The molecule has 0 bridgehead atoms. The van der Waals surface area contributed by atoms with Crippen LogP contribution in [0, 0.1) is 11.3 Å². The molecule has 1 fully saturated rings. The lowest BCUT2D eigenvalue weighted by atomic mass is 10.1. The Labute approximate surface area is 243 Å². The Morgan fingerprint density at radius 2 is 1.98 bits per heavy atom. The fourth-order valence-corrected chi connectivity index (χ4v) is 5.32. The molecule has 1 aliphatic rings. The average molecular weight is 601 g/mol. The number of aromatic nitrogens is 4. The van der Waals surface area contributed by atoms with Crippen LogP contribution in [0.15, 0.2) is 41.2 Å². The number of carbonyl (C=O) groups excluding carboxylic acids is 1. The molecule has 1 aliphatic heterocycles. The van der Waals surface area contributed by atoms with Crippen molar-refractivity contribution in [3.05, 3.63) is 63.8 Å². The van der Waals surface area contributed by atoms with E-state index in [0.717, 1.165) is 0 Å². The lowest BCUT2D eigenvalue weighted by Crippen LogP contribution is -2.36. The second kappa shape index (κ2) is 11.6. The third-order valence-electron chi connectivity index (χ3n) is 6.73. The molecule has 1 amide bonds. The first-order chi connectivity index (χ1) is 20.0. The van der Waals surface area contributed by atoms with Gasteiger partial charge in [0.05, 0.1) is 40.1 Å². The van der Waals surface area contributed by atoms with Crippen LogP contribution in [-0.2, 0) is 11.2 Å². The van der Waals surface area contributed by atoms with Crippen LogP contribution in [0.25, 0.3) is 21.8 Å². The molecule has 14 heteroatoms. The lowest BCUT2D eigenvalue weighted by molar-refractivity contribution is 0.0288. The number of fused-ring (bicyclic) bond motifs is 2. The van der Waals surface area contributed by atoms with Crippen molar-refractivity contribution in [2.75, 3.05) is 19.7 Å². The zero-order valence-corrected chi connectivity index (χ0v) is 23.8. The standard InChI is InChI=1S/C28H27F3N6O4S/c1-28(2,3)41-27(39)35-9-8-17(14-35)36-26(38)19-7-5-4-6-18(19)20(34-36)12-25-33-21-11-23(40-15-24(29)30)16(13-32)10-22(21)37(25)42-31/h4-7,10-11,17,24H,8-9,12,14-15H2,1-3H3. The first kappa shape index (κ1) is 29.2. The van der Waals surface area contributed by atoms with Crippen molar-refractivity contribution in [1.82, 2.24) is 23.6 Å². The van der Waals surface area contributed by atoms with E-state index < -0.39 is 30.8 Å². The largest absolute Gasteiger partial charge is 0.486 e. The van der Waals surface area contributed by atoms with Gasteiger partial charge in [-0.25, -0.2) is 27.2 Å². The summed E-state index contributed by atoms with van der Waals surface area (Å²) >= 11 is -0.130. The van der Waals surface area contributed by atoms with Gasteiger partial charge >= 0.3 is 6.09 Å². The number of likely N-dealkylation sites (tertiary alicyclic amines) is 1. The van der Waals surface area contributed by atoms with E-state index in [9.17, 15) is 27.5 Å². The third kappa shape index (κ3) is 5.87. The monoisotopic (exact) mass is 600 g/mol. The summed E-state index contributed by atoms with van der Waals surface area (Å²) in [6, 6.07) is 11.0. The van der Waals surface area contributed by atoms with Gasteiger partial charge in [-0.15, -0.1) is 3.89 Å². The molecule has 3 heterocycles. The molecule has 0 saturated carbocycles. The predicted octanol–water partition coefficient (Wildman–Crippen LogP) is 5.42. The van der Waals surface area contributed by atoms with Crippen molar-refractivity contribution in [2.45, 2.75) is 51.7 Å². The molecule has 2 aromatic carbocycles. The van der Waals surface area contributed by atoms with E-state index in [2.05, 4.69) is 10.1 Å². The Bertz CT molecular complexity index is 1760. The maximum Gasteiger partial charge on any atom is 0.410 e. The van der Waals surface area contributed by atoms with Crippen LogP contribution in [0.4, 0.5) is 17.5 Å². The zero-order chi connectivity index (χ0) is 30.2. The van der Waals surface area contributed by atoms with Crippen LogP contribution in [-0.4, -0.2) is 61.5 Å². The van der Waals surface area contributed by atoms with Gasteiger partial charge < -0.3 is 14.4 Å². The van der Waals surface area contributed by atoms with Crippen molar-refractivity contribution in [2.24, 2.45) is 0 Å². The molecule has 220 valence electrons. The van der Waals surface area contributed by atoms with E-state index in [1.807, 2.05) is 6.07 Å². The van der Waals surface area contributed by atoms with Gasteiger partial charge in [-0.3, -0.25) is 4.79 Å². The topological polar surface area (TPSA) is 115 Å². The minimum absolute atomic E-state index is 0.00397. The highest BCUT2D eigenvalue weighted by Gasteiger charge is 2.32. The minimum atomic E-state index is -2.74. The van der Waals surface area contributed by atoms with E-state index in [1.165, 1.54) is 20.8 Å². The Morgan fingerprint density at radius 1 is 1.24 bits per heavy atom. The van der Waals surface area contributed by atoms with Crippen LogP contribution in [0.1, 0.15) is 50.3 Å². The number of amides is 1. The summed E-state index contributed by atoms with van der Waals surface area (Å²) in [5.41, 5.74) is -0.0960. The number of imidazole rings is 1. The summed E-state index contributed by atoms with van der Waals surface area (Å²) < 4.78 is 52.8. The minimum Gasteiger partial charge on any atom is -0.486 e. The number of ether oxygens (including phenoxy) is 2. The number of halogens is 3. The number of alkyl halides is 2. The molecule has 0 spiro atoms. The Kier molecular flexibility index (Phi) is 8.05. The number of rotatable bonds is 7.